The molecule has 0 aliphatic rings. The van der Waals surface area contributed by atoms with Crippen molar-refractivity contribution >= 4 is 40.1 Å². The number of nitrogens with two attached hydrogens (primary N) is 1. The van der Waals surface area contributed by atoms with Crippen LogP contribution in [0, 0.1) is 0 Å². The van der Waals surface area contributed by atoms with Crippen LogP contribution in [0.3, 0.4) is 0 Å². The first-order valence-corrected chi connectivity index (χ1v) is 8.23. The molecule has 3 N–H and O–H groups in total. The van der Waals surface area contributed by atoms with E-state index in [2.05, 4.69) is 37.0 Å². The minimum atomic E-state index is -0.01000. The largest absolute Gasteiger partial charge is 0.368 e. The molecule has 0 aromatic carbocycles. The molecule has 2 rings (SSSR count). The van der Waals surface area contributed by atoms with Crippen LogP contribution >= 0.6 is 23.1 Å². The summed E-state index contributed by atoms with van der Waals surface area (Å²) in [6, 6.07) is 0. The Morgan fingerprint density at radius 1 is 1.36 bits per heavy atom. The number of nitrogens with one attached hydrogen (secondary N) is 1. The molecular formula is C12H18N8S2. The second kappa shape index (κ2) is 7.36. The average molecular weight is 338 g/mol. The summed E-state index contributed by atoms with van der Waals surface area (Å²) in [5, 5.41) is 12.1. The quantitative estimate of drug-likeness (QED) is 0.577. The van der Waals surface area contributed by atoms with Crippen LogP contribution in [0.4, 0.5) is 17.0 Å². The first kappa shape index (κ1) is 16.4. The highest BCUT2D eigenvalue weighted by atomic mass is 32.2. The monoisotopic (exact) mass is 338 g/mol. The van der Waals surface area contributed by atoms with E-state index < -0.39 is 0 Å². The zero-order valence-corrected chi connectivity index (χ0v) is 14.3. The van der Waals surface area contributed by atoms with Gasteiger partial charge in [0.1, 0.15) is 5.82 Å². The molecule has 10 heteroatoms. The summed E-state index contributed by atoms with van der Waals surface area (Å²) in [5.41, 5.74) is 5.74. The third-order valence-electron chi connectivity index (χ3n) is 2.50. The van der Waals surface area contributed by atoms with Gasteiger partial charge in [0.05, 0.1) is 5.25 Å². The zero-order valence-electron chi connectivity index (χ0n) is 12.6. The Morgan fingerprint density at radius 2 is 2.14 bits per heavy atom. The van der Waals surface area contributed by atoms with Gasteiger partial charge in [0.2, 0.25) is 17.0 Å². The number of hydrogen-bond acceptors (Lipinski definition) is 10. The van der Waals surface area contributed by atoms with E-state index in [1.54, 1.807) is 11.0 Å². The van der Waals surface area contributed by atoms with Crippen molar-refractivity contribution < 1.29 is 0 Å². The molecular weight excluding hydrogens is 320 g/mol. The Bertz CT molecular complexity index is 642. The molecule has 118 valence electrons. The second-order valence-electron chi connectivity index (χ2n) is 4.55. The lowest BCUT2D eigenvalue weighted by Gasteiger charge is -2.13. The Balaban J connectivity index is 2.09. The lowest BCUT2D eigenvalue weighted by atomic mass is 10.4. The number of thioether (sulfide) groups is 1. The van der Waals surface area contributed by atoms with Crippen molar-refractivity contribution in [3.05, 3.63) is 18.5 Å². The Hall–Kier alpha value is -1.94. The topological polar surface area (TPSA) is 106 Å². The molecule has 0 spiro atoms. The summed E-state index contributed by atoms with van der Waals surface area (Å²) < 4.78 is 0.837. The van der Waals surface area contributed by atoms with Crippen molar-refractivity contribution in [1.82, 2.24) is 25.1 Å². The zero-order chi connectivity index (χ0) is 16.1. The normalized spacial score (nSPS) is 12.0. The lowest BCUT2D eigenvalue weighted by Crippen LogP contribution is -2.16. The predicted molar refractivity (Wildman–Crippen MR) is 91.4 cm³/mol. The van der Waals surface area contributed by atoms with Gasteiger partial charge in [0.15, 0.2) is 4.34 Å². The Labute approximate surface area is 137 Å². The van der Waals surface area contributed by atoms with Crippen LogP contribution in [0.25, 0.3) is 0 Å². The molecule has 0 saturated carbocycles. The van der Waals surface area contributed by atoms with Crippen molar-refractivity contribution in [3.63, 3.8) is 0 Å². The molecule has 8 nitrogen and oxygen atoms in total. The predicted octanol–water partition coefficient (Wildman–Crippen LogP) is 1.82. The lowest BCUT2D eigenvalue weighted by molar-refractivity contribution is 0.863. The van der Waals surface area contributed by atoms with Crippen LogP contribution in [0.5, 0.6) is 0 Å². The minimum Gasteiger partial charge on any atom is -0.368 e. The molecule has 22 heavy (non-hydrogen) atoms. The van der Waals surface area contributed by atoms with E-state index in [0.717, 1.165) is 9.47 Å². The minimum absolute atomic E-state index is 0.01000. The number of nitrogens with zero attached hydrogens (tertiary/aromatic N) is 6. The number of hydrogen-bond donors (Lipinski definition) is 2. The third kappa shape index (κ3) is 4.28. The molecule has 0 saturated heterocycles. The summed E-state index contributed by atoms with van der Waals surface area (Å²) >= 11 is 3.01. The van der Waals surface area contributed by atoms with Gasteiger partial charge in [-0.3, -0.25) is 0 Å². The molecule has 0 bridgehead atoms. The molecule has 2 aromatic rings. The summed E-state index contributed by atoms with van der Waals surface area (Å²) in [5.74, 6) is 1.38. The first-order chi connectivity index (χ1) is 10.5. The maximum absolute atomic E-state index is 5.74. The van der Waals surface area contributed by atoms with Crippen LogP contribution in [-0.4, -0.2) is 45.8 Å². The number of rotatable bonds is 7. The van der Waals surface area contributed by atoms with E-state index in [1.165, 1.54) is 23.1 Å². The number of aromatic nitrogens is 5. The summed E-state index contributed by atoms with van der Waals surface area (Å²) in [6.45, 7) is 6.31. The van der Waals surface area contributed by atoms with Crippen LogP contribution in [0.15, 0.2) is 17.0 Å². The maximum atomic E-state index is 5.74. The van der Waals surface area contributed by atoms with Crippen LogP contribution in [0.2, 0.25) is 0 Å². The van der Waals surface area contributed by atoms with Gasteiger partial charge >= 0.3 is 0 Å². The summed E-state index contributed by atoms with van der Waals surface area (Å²) in [4.78, 5) is 14.5. The second-order valence-corrected chi connectivity index (χ2v) is 7.11. The fraction of sp³-hybridized carbons (Fsp3) is 0.417. The highest BCUT2D eigenvalue weighted by Gasteiger charge is 2.16. The van der Waals surface area contributed by atoms with Crippen molar-refractivity contribution in [3.8, 4) is 0 Å². The van der Waals surface area contributed by atoms with Crippen LogP contribution in [0.1, 0.15) is 18.0 Å². The first-order valence-electron chi connectivity index (χ1n) is 6.53. The Kier molecular flexibility index (Phi) is 5.50. The highest BCUT2D eigenvalue weighted by Crippen LogP contribution is 2.36. The van der Waals surface area contributed by atoms with Crippen molar-refractivity contribution in [2.45, 2.75) is 16.5 Å². The van der Waals surface area contributed by atoms with E-state index in [0.29, 0.717) is 18.3 Å². The smallest absolute Gasteiger partial charge is 0.229 e. The van der Waals surface area contributed by atoms with Crippen molar-refractivity contribution in [2.75, 3.05) is 36.6 Å². The molecule has 1 unspecified atom stereocenters. The van der Waals surface area contributed by atoms with Gasteiger partial charge in [-0.15, -0.1) is 16.8 Å². The SMILES string of the molecule is C=CCNc1nnc(SC(C)c2nc(N)nc(N(C)C)n2)s1. The highest BCUT2D eigenvalue weighted by molar-refractivity contribution is 8.01. The average Bonchev–Trinajstić information content (AvgIpc) is 2.91. The standard InChI is InChI=1S/C12H18N8S2/c1-5-6-14-11-18-19-12(22-11)21-7(2)8-15-9(13)17-10(16-8)20(3)4/h5,7H,1,6H2,2-4H3,(H,14,18)(H2,13,15,16,17). The van der Waals surface area contributed by atoms with Crippen molar-refractivity contribution in [2.24, 2.45) is 0 Å². The molecule has 0 radical (unpaired) electrons. The van der Waals surface area contributed by atoms with Gasteiger partial charge in [-0.25, -0.2) is 0 Å². The number of anilines is 3. The molecule has 0 fully saturated rings. The summed E-state index contributed by atoms with van der Waals surface area (Å²) in [6.07, 6.45) is 1.77. The molecule has 2 heterocycles. The summed E-state index contributed by atoms with van der Waals surface area (Å²) in [7, 11) is 3.72. The van der Waals surface area contributed by atoms with Crippen LogP contribution in [-0.2, 0) is 0 Å². The van der Waals surface area contributed by atoms with Gasteiger partial charge in [0, 0.05) is 20.6 Å². The van der Waals surface area contributed by atoms with E-state index in [9.17, 15) is 0 Å². The van der Waals surface area contributed by atoms with E-state index in [1.807, 2.05) is 21.0 Å². The van der Waals surface area contributed by atoms with E-state index in [-0.39, 0.29) is 11.2 Å². The fourth-order valence-corrected chi connectivity index (χ4v) is 3.42. The molecule has 0 amide bonds. The molecule has 2 aromatic heterocycles. The van der Waals surface area contributed by atoms with Gasteiger partial charge in [-0.05, 0) is 6.92 Å². The number of nitrogen functional groups attached to an aromatic ring is 1. The van der Waals surface area contributed by atoms with Gasteiger partial charge in [0.25, 0.3) is 0 Å². The maximum Gasteiger partial charge on any atom is 0.229 e. The van der Waals surface area contributed by atoms with E-state index in [4.69, 9.17) is 5.73 Å². The van der Waals surface area contributed by atoms with Crippen molar-refractivity contribution in [1.29, 1.82) is 0 Å². The molecule has 0 aliphatic heterocycles. The molecule has 0 aliphatic carbocycles. The Morgan fingerprint density at radius 3 is 2.82 bits per heavy atom. The van der Waals surface area contributed by atoms with Crippen LogP contribution < -0.4 is 16.0 Å². The van der Waals surface area contributed by atoms with Gasteiger partial charge in [-0.2, -0.15) is 15.0 Å². The van der Waals surface area contributed by atoms with Gasteiger partial charge in [-0.1, -0.05) is 29.2 Å². The van der Waals surface area contributed by atoms with E-state index >= 15 is 0 Å². The fourth-order valence-electron chi connectivity index (χ4n) is 1.47. The third-order valence-corrected chi connectivity index (χ3v) is 4.57. The van der Waals surface area contributed by atoms with Gasteiger partial charge < -0.3 is 16.0 Å². The molecule has 1 atom stereocenters.